The molecule has 0 aliphatic heterocycles. The minimum atomic E-state index is 0.541. The van der Waals surface area contributed by atoms with Crippen molar-refractivity contribution in [2.45, 2.75) is 0 Å². The van der Waals surface area contributed by atoms with E-state index in [1.165, 1.54) is 32.6 Å². The molecule has 0 fully saturated rings. The van der Waals surface area contributed by atoms with E-state index in [0.717, 1.165) is 61.0 Å². The molecule has 0 aliphatic rings. The molecule has 11 aromatic rings. The third-order valence-corrected chi connectivity index (χ3v) is 11.1. The number of hydrogen-bond acceptors (Lipinski definition) is 0. The van der Waals surface area contributed by atoms with Crippen LogP contribution in [0.25, 0.3) is 103 Å². The lowest BCUT2D eigenvalue weighted by atomic mass is 9.99. The maximum absolute atomic E-state index is 8.41. The molecule has 254 valence electrons. The van der Waals surface area contributed by atoms with E-state index in [9.17, 15) is 0 Å². The predicted molar refractivity (Wildman–Crippen MR) is 227 cm³/mol. The van der Waals surface area contributed by atoms with Crippen LogP contribution in [0.4, 0.5) is 11.4 Å². The first-order valence-electron chi connectivity index (χ1n) is 18.3. The number of nitrogens with zero attached hydrogens (tertiary/aromatic N) is 5. The van der Waals surface area contributed by atoms with Crippen molar-refractivity contribution in [2.24, 2.45) is 0 Å². The molecule has 0 saturated heterocycles. The van der Waals surface area contributed by atoms with Crippen molar-refractivity contribution in [3.8, 4) is 28.2 Å². The Hall–Kier alpha value is -7.86. The fourth-order valence-corrected chi connectivity index (χ4v) is 8.86. The zero-order chi connectivity index (χ0) is 36.6. The molecule has 5 heteroatoms. The molecule has 0 N–H and O–H groups in total. The first kappa shape index (κ1) is 30.7. The highest BCUT2D eigenvalue weighted by molar-refractivity contribution is 6.16. The molecule has 3 heterocycles. The highest BCUT2D eigenvalue weighted by atomic mass is 15.0. The summed E-state index contributed by atoms with van der Waals surface area (Å²) in [5.41, 5.74) is 12.3. The lowest BCUT2D eigenvalue weighted by Gasteiger charge is -2.20. The standard InChI is InChI=1S/C50H29N5/c1-51-40-21-14-28-47-49(40)39-19-7-12-27-46(39)55(47)50-38(20-13-22-41(50)52-2)36-18-6-11-26-45(36)54-44-25-10-5-17-35(44)37-30-29-32(31-48(37)54)53-42-23-8-3-15-33(42)34-16-4-9-24-43(34)53/h3-31H. The number of para-hydroxylation sites is 6. The van der Waals surface area contributed by atoms with E-state index in [-0.39, 0.29) is 0 Å². The molecule has 0 aliphatic carbocycles. The van der Waals surface area contributed by atoms with Gasteiger partial charge in [-0.3, -0.25) is 0 Å². The number of hydrogen-bond donors (Lipinski definition) is 0. The molecule has 5 nitrogen and oxygen atoms in total. The van der Waals surface area contributed by atoms with Crippen LogP contribution in [-0.2, 0) is 0 Å². The van der Waals surface area contributed by atoms with Crippen molar-refractivity contribution in [3.63, 3.8) is 0 Å². The molecule has 55 heavy (non-hydrogen) atoms. The van der Waals surface area contributed by atoms with Crippen LogP contribution in [0.3, 0.4) is 0 Å². The van der Waals surface area contributed by atoms with Crippen molar-refractivity contribution in [1.82, 2.24) is 13.7 Å². The highest BCUT2D eigenvalue weighted by Gasteiger charge is 2.23. The van der Waals surface area contributed by atoms with Crippen LogP contribution in [0.15, 0.2) is 176 Å². The van der Waals surface area contributed by atoms with E-state index < -0.39 is 0 Å². The second-order valence-electron chi connectivity index (χ2n) is 13.9. The van der Waals surface area contributed by atoms with Crippen molar-refractivity contribution < 1.29 is 0 Å². The minimum Gasteiger partial charge on any atom is -0.320 e. The number of benzene rings is 8. The monoisotopic (exact) mass is 699 g/mol. The topological polar surface area (TPSA) is 23.5 Å². The summed E-state index contributed by atoms with van der Waals surface area (Å²) in [5.74, 6) is 0. The van der Waals surface area contributed by atoms with Crippen LogP contribution in [0.2, 0.25) is 0 Å². The van der Waals surface area contributed by atoms with Crippen LogP contribution >= 0.6 is 0 Å². The Labute approximate surface area is 316 Å². The molecule has 11 rings (SSSR count). The fraction of sp³-hybridized carbons (Fsp3) is 0. The van der Waals surface area contributed by atoms with Gasteiger partial charge in [0.05, 0.1) is 52.1 Å². The van der Waals surface area contributed by atoms with Gasteiger partial charge in [0.25, 0.3) is 0 Å². The van der Waals surface area contributed by atoms with E-state index >= 15 is 0 Å². The van der Waals surface area contributed by atoms with Gasteiger partial charge >= 0.3 is 0 Å². The lowest BCUT2D eigenvalue weighted by molar-refractivity contribution is 1.15. The lowest BCUT2D eigenvalue weighted by Crippen LogP contribution is -2.02. The molecule has 0 amide bonds. The van der Waals surface area contributed by atoms with Gasteiger partial charge in [-0.05, 0) is 59.5 Å². The first-order valence-corrected chi connectivity index (χ1v) is 18.3. The maximum atomic E-state index is 8.41. The van der Waals surface area contributed by atoms with Crippen molar-refractivity contribution in [2.75, 3.05) is 0 Å². The van der Waals surface area contributed by atoms with Crippen molar-refractivity contribution in [3.05, 3.63) is 199 Å². The number of fused-ring (bicyclic) bond motifs is 9. The number of rotatable bonds is 4. The van der Waals surface area contributed by atoms with Crippen LogP contribution in [0.5, 0.6) is 0 Å². The average Bonchev–Trinajstić information content (AvgIpc) is 3.89. The predicted octanol–water partition coefficient (Wildman–Crippen LogP) is 13.7. The molecule has 0 unspecified atom stereocenters. The van der Waals surface area contributed by atoms with Crippen LogP contribution in [0, 0.1) is 13.1 Å². The normalized spacial score (nSPS) is 11.6. The molecular weight excluding hydrogens is 671 g/mol. The summed E-state index contributed by atoms with van der Waals surface area (Å²) in [4.78, 5) is 8.02. The van der Waals surface area contributed by atoms with Gasteiger partial charge in [-0.15, -0.1) is 0 Å². The van der Waals surface area contributed by atoms with Gasteiger partial charge in [-0.2, -0.15) is 0 Å². The summed E-state index contributed by atoms with van der Waals surface area (Å²) < 4.78 is 6.94. The molecule has 3 aromatic heterocycles. The summed E-state index contributed by atoms with van der Waals surface area (Å²) in [6, 6.07) is 61.3. The minimum absolute atomic E-state index is 0.541. The van der Waals surface area contributed by atoms with Gasteiger partial charge in [0.1, 0.15) is 0 Å². The maximum Gasteiger partial charge on any atom is 0.211 e. The Bertz CT molecular complexity index is 3420. The molecule has 0 bridgehead atoms. The molecule has 8 aromatic carbocycles. The van der Waals surface area contributed by atoms with Crippen molar-refractivity contribution in [1.29, 1.82) is 0 Å². The Morgan fingerprint density at radius 3 is 1.51 bits per heavy atom. The summed E-state index contributed by atoms with van der Waals surface area (Å²) in [6.07, 6.45) is 0. The van der Waals surface area contributed by atoms with Gasteiger partial charge in [0.2, 0.25) is 5.69 Å². The molecule has 0 radical (unpaired) electrons. The molecule has 0 spiro atoms. The summed E-state index contributed by atoms with van der Waals surface area (Å²) in [7, 11) is 0. The molecular formula is C50H29N5. The van der Waals surface area contributed by atoms with E-state index in [4.69, 9.17) is 13.1 Å². The Balaban J connectivity index is 1.23. The third kappa shape index (κ3) is 4.33. The van der Waals surface area contributed by atoms with Gasteiger partial charge < -0.3 is 13.7 Å². The van der Waals surface area contributed by atoms with Gasteiger partial charge in [0, 0.05) is 43.7 Å². The SMILES string of the molecule is [C-]#[N+]c1cccc(-c2ccccc2-n2c3ccccc3c3ccc(-n4c5ccccc5c5ccccc54)cc32)c1-n1c2ccccc2c2c([N+]#[C-])cccc21. The quantitative estimate of drug-likeness (QED) is 0.163. The van der Waals surface area contributed by atoms with E-state index in [2.05, 4.69) is 163 Å². The van der Waals surface area contributed by atoms with Crippen LogP contribution in [0.1, 0.15) is 0 Å². The summed E-state index contributed by atoms with van der Waals surface area (Å²) in [6.45, 7) is 16.4. The first-order chi connectivity index (χ1) is 27.2. The smallest absolute Gasteiger partial charge is 0.211 e. The van der Waals surface area contributed by atoms with E-state index in [1.807, 2.05) is 36.4 Å². The van der Waals surface area contributed by atoms with Gasteiger partial charge in [-0.25, -0.2) is 9.69 Å². The zero-order valence-corrected chi connectivity index (χ0v) is 29.5. The Morgan fingerprint density at radius 2 is 0.836 bits per heavy atom. The second kappa shape index (κ2) is 11.8. The largest absolute Gasteiger partial charge is 0.320 e. The summed E-state index contributed by atoms with van der Waals surface area (Å²) in [5, 5.41) is 6.68. The average molecular weight is 700 g/mol. The van der Waals surface area contributed by atoms with E-state index in [1.54, 1.807) is 0 Å². The molecule has 0 atom stereocenters. The van der Waals surface area contributed by atoms with Gasteiger partial charge in [0.15, 0.2) is 5.69 Å². The van der Waals surface area contributed by atoms with Crippen LogP contribution in [-0.4, -0.2) is 13.7 Å². The second-order valence-corrected chi connectivity index (χ2v) is 13.9. The van der Waals surface area contributed by atoms with Crippen molar-refractivity contribution >= 4 is 76.8 Å². The van der Waals surface area contributed by atoms with Crippen LogP contribution < -0.4 is 0 Å². The fourth-order valence-electron chi connectivity index (χ4n) is 8.86. The Morgan fingerprint density at radius 1 is 0.345 bits per heavy atom. The van der Waals surface area contributed by atoms with E-state index in [0.29, 0.717) is 11.4 Å². The number of aromatic nitrogens is 3. The third-order valence-electron chi connectivity index (χ3n) is 11.1. The van der Waals surface area contributed by atoms with Gasteiger partial charge in [-0.1, -0.05) is 127 Å². The molecule has 0 saturated carbocycles. The summed E-state index contributed by atoms with van der Waals surface area (Å²) >= 11 is 0. The Kier molecular flexibility index (Phi) is 6.61. The zero-order valence-electron chi connectivity index (χ0n) is 29.5. The highest BCUT2D eigenvalue weighted by Crippen LogP contribution is 2.45.